The quantitative estimate of drug-likeness (QED) is 0.796. The summed E-state index contributed by atoms with van der Waals surface area (Å²) < 4.78 is 1.45. The fourth-order valence-electron chi connectivity index (χ4n) is 2.80. The van der Waals surface area contributed by atoms with Crippen molar-refractivity contribution in [1.82, 2.24) is 9.78 Å². The maximum Gasteiger partial charge on any atom is 0.270 e. The zero-order valence-corrected chi connectivity index (χ0v) is 14.2. The van der Waals surface area contributed by atoms with Gasteiger partial charge in [-0.05, 0) is 29.0 Å². The molecule has 0 fully saturated rings. The van der Waals surface area contributed by atoms with Crippen molar-refractivity contribution < 1.29 is 4.79 Å². The molecule has 1 aromatic heterocycles. The average Bonchev–Trinajstić information content (AvgIpc) is 2.51. The molecule has 0 aliphatic rings. The van der Waals surface area contributed by atoms with Crippen LogP contribution in [-0.4, -0.2) is 16.1 Å². The third-order valence-electron chi connectivity index (χ3n) is 4.09. The minimum absolute atomic E-state index is 0.00738. The molecule has 4 heteroatoms. The van der Waals surface area contributed by atoms with Gasteiger partial charge in [-0.1, -0.05) is 52.0 Å². The molecule has 0 radical (unpaired) electrons. The molecule has 23 heavy (non-hydrogen) atoms. The normalized spacial score (nSPS) is 12.9. The Hall–Kier alpha value is -2.23. The Labute approximate surface area is 137 Å². The van der Waals surface area contributed by atoms with E-state index in [1.807, 2.05) is 25.1 Å². The van der Waals surface area contributed by atoms with Crippen LogP contribution in [-0.2, 0) is 16.8 Å². The van der Waals surface area contributed by atoms with Crippen molar-refractivity contribution in [2.75, 3.05) is 0 Å². The standard InChI is InChI=1S/C19H24N2O2/c1-5-14(13-22)16-10-11-20-21(18(16)23)12-15-8-6-7-9-17(15)19(2,3)4/h6-11,13-14H,5,12H2,1-4H3/t14-/m1/s1. The summed E-state index contributed by atoms with van der Waals surface area (Å²) in [5.41, 5.74) is 2.60. The second-order valence-corrected chi connectivity index (χ2v) is 6.81. The van der Waals surface area contributed by atoms with Gasteiger partial charge in [0.25, 0.3) is 5.56 Å². The summed E-state index contributed by atoms with van der Waals surface area (Å²) in [4.78, 5) is 23.8. The number of carbonyl (C=O) groups is 1. The number of aldehydes is 1. The van der Waals surface area contributed by atoms with Gasteiger partial charge in [0.1, 0.15) is 6.29 Å². The molecule has 1 heterocycles. The van der Waals surface area contributed by atoms with Crippen LogP contribution in [0.15, 0.2) is 41.3 Å². The molecule has 0 saturated heterocycles. The summed E-state index contributed by atoms with van der Waals surface area (Å²) in [5, 5.41) is 4.20. The Morgan fingerprint density at radius 2 is 1.91 bits per heavy atom. The molecule has 0 unspecified atom stereocenters. The fourth-order valence-corrected chi connectivity index (χ4v) is 2.80. The van der Waals surface area contributed by atoms with Gasteiger partial charge < -0.3 is 4.79 Å². The number of nitrogens with zero attached hydrogens (tertiary/aromatic N) is 2. The van der Waals surface area contributed by atoms with Gasteiger partial charge >= 0.3 is 0 Å². The molecule has 0 aliphatic carbocycles. The minimum atomic E-state index is -0.366. The van der Waals surface area contributed by atoms with Gasteiger partial charge in [0.05, 0.1) is 6.54 Å². The van der Waals surface area contributed by atoms with Crippen molar-refractivity contribution in [2.45, 2.75) is 52.0 Å². The van der Waals surface area contributed by atoms with E-state index in [9.17, 15) is 9.59 Å². The van der Waals surface area contributed by atoms with Crippen LogP contribution in [0.3, 0.4) is 0 Å². The summed E-state index contributed by atoms with van der Waals surface area (Å²) in [5.74, 6) is -0.366. The highest BCUT2D eigenvalue weighted by atomic mass is 16.1. The molecule has 2 rings (SSSR count). The Morgan fingerprint density at radius 3 is 2.52 bits per heavy atom. The number of carbonyl (C=O) groups excluding carboxylic acids is 1. The first-order chi connectivity index (χ1) is 10.9. The second kappa shape index (κ2) is 6.90. The summed E-state index contributed by atoms with van der Waals surface area (Å²) in [6, 6.07) is 9.75. The van der Waals surface area contributed by atoms with Crippen LogP contribution in [0.2, 0.25) is 0 Å². The van der Waals surface area contributed by atoms with E-state index in [0.717, 1.165) is 11.8 Å². The maximum absolute atomic E-state index is 12.6. The first-order valence-corrected chi connectivity index (χ1v) is 7.98. The number of rotatable bonds is 5. The molecule has 0 amide bonds. The van der Waals surface area contributed by atoms with Gasteiger partial charge in [-0.2, -0.15) is 5.10 Å². The average molecular weight is 312 g/mol. The van der Waals surface area contributed by atoms with Crippen molar-refractivity contribution in [3.63, 3.8) is 0 Å². The predicted molar refractivity (Wildman–Crippen MR) is 91.8 cm³/mol. The maximum atomic E-state index is 12.6. The first kappa shape index (κ1) is 17.1. The van der Waals surface area contributed by atoms with E-state index < -0.39 is 0 Å². The molecule has 2 aromatic rings. The monoisotopic (exact) mass is 312 g/mol. The molecule has 0 N–H and O–H groups in total. The van der Waals surface area contributed by atoms with Crippen molar-refractivity contribution >= 4 is 6.29 Å². The highest BCUT2D eigenvalue weighted by Gasteiger charge is 2.19. The number of benzene rings is 1. The van der Waals surface area contributed by atoms with E-state index in [1.165, 1.54) is 10.2 Å². The lowest BCUT2D eigenvalue weighted by Crippen LogP contribution is -2.29. The van der Waals surface area contributed by atoms with E-state index in [1.54, 1.807) is 12.3 Å². The topological polar surface area (TPSA) is 52.0 Å². The molecule has 1 atom stereocenters. The van der Waals surface area contributed by atoms with Crippen LogP contribution >= 0.6 is 0 Å². The highest BCUT2D eigenvalue weighted by molar-refractivity contribution is 5.61. The van der Waals surface area contributed by atoms with Crippen LogP contribution in [0.1, 0.15) is 56.7 Å². The van der Waals surface area contributed by atoms with Crippen LogP contribution < -0.4 is 5.56 Å². The molecule has 0 bridgehead atoms. The van der Waals surface area contributed by atoms with Crippen molar-refractivity contribution in [2.24, 2.45) is 0 Å². The van der Waals surface area contributed by atoms with Gasteiger partial charge in [-0.15, -0.1) is 0 Å². The molecule has 4 nitrogen and oxygen atoms in total. The van der Waals surface area contributed by atoms with E-state index in [4.69, 9.17) is 0 Å². The smallest absolute Gasteiger partial charge is 0.270 e. The van der Waals surface area contributed by atoms with E-state index >= 15 is 0 Å². The number of hydrogen-bond acceptors (Lipinski definition) is 3. The lowest BCUT2D eigenvalue weighted by atomic mass is 9.84. The van der Waals surface area contributed by atoms with E-state index in [-0.39, 0.29) is 16.9 Å². The van der Waals surface area contributed by atoms with Crippen molar-refractivity contribution in [1.29, 1.82) is 0 Å². The second-order valence-electron chi connectivity index (χ2n) is 6.81. The molecular formula is C19H24N2O2. The van der Waals surface area contributed by atoms with Crippen LogP contribution in [0.4, 0.5) is 0 Å². The zero-order valence-electron chi connectivity index (χ0n) is 14.2. The lowest BCUT2D eigenvalue weighted by molar-refractivity contribution is -0.109. The van der Waals surface area contributed by atoms with Crippen molar-refractivity contribution in [3.05, 3.63) is 63.6 Å². The van der Waals surface area contributed by atoms with Crippen LogP contribution in [0.5, 0.6) is 0 Å². The summed E-state index contributed by atoms with van der Waals surface area (Å²) in [6.07, 6.45) is 3.05. The van der Waals surface area contributed by atoms with E-state index in [0.29, 0.717) is 18.5 Å². The first-order valence-electron chi connectivity index (χ1n) is 7.98. The summed E-state index contributed by atoms with van der Waals surface area (Å²) >= 11 is 0. The Kier molecular flexibility index (Phi) is 5.14. The lowest BCUT2D eigenvalue weighted by Gasteiger charge is -2.23. The number of hydrogen-bond donors (Lipinski definition) is 0. The zero-order chi connectivity index (χ0) is 17.0. The van der Waals surface area contributed by atoms with Gasteiger partial charge in [-0.25, -0.2) is 4.68 Å². The minimum Gasteiger partial charge on any atom is -0.303 e. The van der Waals surface area contributed by atoms with Crippen molar-refractivity contribution in [3.8, 4) is 0 Å². The Morgan fingerprint density at radius 1 is 1.22 bits per heavy atom. The van der Waals surface area contributed by atoms with E-state index in [2.05, 4.69) is 31.9 Å². The SMILES string of the molecule is CC[C@H](C=O)c1ccnn(Cc2ccccc2C(C)(C)C)c1=O. The molecule has 1 aromatic carbocycles. The largest absolute Gasteiger partial charge is 0.303 e. The third kappa shape index (κ3) is 3.76. The predicted octanol–water partition coefficient (Wildman–Crippen LogP) is 3.28. The van der Waals surface area contributed by atoms with Crippen LogP contribution in [0.25, 0.3) is 0 Å². The number of aromatic nitrogens is 2. The third-order valence-corrected chi connectivity index (χ3v) is 4.09. The van der Waals surface area contributed by atoms with Gasteiger partial charge in [0, 0.05) is 17.7 Å². The highest BCUT2D eigenvalue weighted by Crippen LogP contribution is 2.26. The molecule has 0 saturated carbocycles. The molecular weight excluding hydrogens is 288 g/mol. The van der Waals surface area contributed by atoms with Gasteiger partial charge in [0.2, 0.25) is 0 Å². The summed E-state index contributed by atoms with van der Waals surface area (Å²) in [6.45, 7) is 8.77. The van der Waals surface area contributed by atoms with Gasteiger partial charge in [0.15, 0.2) is 0 Å². The summed E-state index contributed by atoms with van der Waals surface area (Å²) in [7, 11) is 0. The molecule has 0 spiro atoms. The fraction of sp³-hybridized carbons (Fsp3) is 0.421. The Bertz CT molecular complexity index is 742. The molecule has 122 valence electrons. The van der Waals surface area contributed by atoms with Gasteiger partial charge in [-0.3, -0.25) is 4.79 Å². The molecule has 0 aliphatic heterocycles. The Balaban J connectivity index is 2.45. The van der Waals surface area contributed by atoms with Crippen LogP contribution in [0, 0.1) is 0 Å².